The molecule has 0 atom stereocenters. The fraction of sp³-hybridized carbons (Fsp3) is 0.647. The minimum Gasteiger partial charge on any atom is -0.494 e. The molecule has 0 saturated carbocycles. The van der Waals surface area contributed by atoms with Crippen LogP contribution < -0.4 is 4.74 Å². The van der Waals surface area contributed by atoms with Crippen LogP contribution in [0.3, 0.4) is 0 Å². The van der Waals surface area contributed by atoms with E-state index in [0.29, 0.717) is 5.92 Å². The lowest BCUT2D eigenvalue weighted by Gasteiger charge is -2.22. The zero-order chi connectivity index (χ0) is 13.8. The zero-order valence-corrected chi connectivity index (χ0v) is 12.8. The second-order valence-corrected chi connectivity index (χ2v) is 6.40. The van der Waals surface area contributed by atoms with Crippen molar-refractivity contribution in [1.29, 1.82) is 0 Å². The maximum atomic E-state index is 5.87. The van der Waals surface area contributed by atoms with Gasteiger partial charge in [-0.05, 0) is 41.0 Å². The van der Waals surface area contributed by atoms with Crippen molar-refractivity contribution in [2.24, 2.45) is 0 Å². The third kappa shape index (κ3) is 4.36. The molecule has 0 fully saturated rings. The van der Waals surface area contributed by atoms with Crippen LogP contribution in [0.25, 0.3) is 0 Å². The molecule has 0 spiro atoms. The second kappa shape index (κ2) is 6.26. The molecule has 0 N–H and O–H groups in total. The molecule has 0 saturated heterocycles. The SMILES string of the molecule is CCCCOc1cc(C(C)C)cc(C(C)(C)C)c1. The van der Waals surface area contributed by atoms with Crippen molar-refractivity contribution in [2.75, 3.05) is 6.61 Å². The van der Waals surface area contributed by atoms with E-state index in [1.807, 2.05) is 0 Å². The number of rotatable bonds is 5. The summed E-state index contributed by atoms with van der Waals surface area (Å²) in [6.07, 6.45) is 2.30. The van der Waals surface area contributed by atoms with E-state index in [0.717, 1.165) is 18.8 Å². The summed E-state index contributed by atoms with van der Waals surface area (Å²) < 4.78 is 5.87. The highest BCUT2D eigenvalue weighted by Gasteiger charge is 2.16. The van der Waals surface area contributed by atoms with Crippen LogP contribution in [0.5, 0.6) is 5.75 Å². The van der Waals surface area contributed by atoms with E-state index in [1.165, 1.54) is 17.5 Å². The Labute approximate surface area is 113 Å². The Morgan fingerprint density at radius 2 is 1.78 bits per heavy atom. The van der Waals surface area contributed by atoms with Gasteiger partial charge in [0.05, 0.1) is 6.61 Å². The van der Waals surface area contributed by atoms with E-state index < -0.39 is 0 Å². The number of hydrogen-bond donors (Lipinski definition) is 0. The minimum absolute atomic E-state index is 0.174. The average Bonchev–Trinajstić information content (AvgIpc) is 2.28. The molecule has 0 aliphatic carbocycles. The molecule has 0 amide bonds. The molecular weight excluding hydrogens is 220 g/mol. The molecule has 18 heavy (non-hydrogen) atoms. The van der Waals surface area contributed by atoms with Gasteiger partial charge in [-0.25, -0.2) is 0 Å². The highest BCUT2D eigenvalue weighted by atomic mass is 16.5. The van der Waals surface area contributed by atoms with Gasteiger partial charge in [0.2, 0.25) is 0 Å². The van der Waals surface area contributed by atoms with Crippen LogP contribution in [0.4, 0.5) is 0 Å². The summed E-state index contributed by atoms with van der Waals surface area (Å²) in [6.45, 7) is 14.2. The third-order valence-electron chi connectivity index (χ3n) is 3.23. The Kier molecular flexibility index (Phi) is 5.25. The molecule has 1 heteroatoms. The first kappa shape index (κ1) is 15.1. The summed E-state index contributed by atoms with van der Waals surface area (Å²) in [5.74, 6) is 1.57. The number of ether oxygens (including phenoxy) is 1. The van der Waals surface area contributed by atoms with Gasteiger partial charge in [-0.2, -0.15) is 0 Å². The number of hydrogen-bond acceptors (Lipinski definition) is 1. The third-order valence-corrected chi connectivity index (χ3v) is 3.23. The van der Waals surface area contributed by atoms with E-state index in [2.05, 4.69) is 59.7 Å². The van der Waals surface area contributed by atoms with Crippen LogP contribution in [-0.4, -0.2) is 6.61 Å². The molecule has 1 nitrogen and oxygen atoms in total. The monoisotopic (exact) mass is 248 g/mol. The van der Waals surface area contributed by atoms with Crippen molar-refractivity contribution in [3.05, 3.63) is 29.3 Å². The molecule has 0 radical (unpaired) electrons. The van der Waals surface area contributed by atoms with Gasteiger partial charge in [0.15, 0.2) is 0 Å². The molecule has 0 aromatic heterocycles. The van der Waals surface area contributed by atoms with Gasteiger partial charge >= 0.3 is 0 Å². The van der Waals surface area contributed by atoms with Crippen molar-refractivity contribution in [3.63, 3.8) is 0 Å². The molecule has 1 rings (SSSR count). The fourth-order valence-corrected chi connectivity index (χ4v) is 1.81. The Bertz CT molecular complexity index is 372. The maximum absolute atomic E-state index is 5.87. The summed E-state index contributed by atoms with van der Waals surface area (Å²) in [5.41, 5.74) is 2.91. The summed E-state index contributed by atoms with van der Waals surface area (Å²) in [4.78, 5) is 0. The molecule has 1 aromatic rings. The van der Waals surface area contributed by atoms with Crippen molar-refractivity contribution in [2.45, 2.75) is 65.7 Å². The van der Waals surface area contributed by atoms with Crippen LogP contribution in [0.2, 0.25) is 0 Å². The van der Waals surface area contributed by atoms with Crippen molar-refractivity contribution >= 4 is 0 Å². The lowest BCUT2D eigenvalue weighted by Crippen LogP contribution is -2.12. The number of unbranched alkanes of at least 4 members (excludes halogenated alkanes) is 1. The highest BCUT2D eigenvalue weighted by molar-refractivity contribution is 5.39. The molecule has 1 aromatic carbocycles. The van der Waals surface area contributed by atoms with Crippen molar-refractivity contribution in [3.8, 4) is 5.75 Å². The summed E-state index contributed by atoms with van der Waals surface area (Å²) in [7, 11) is 0. The van der Waals surface area contributed by atoms with Gasteiger partial charge in [-0.15, -0.1) is 0 Å². The van der Waals surface area contributed by atoms with E-state index in [4.69, 9.17) is 4.74 Å². The Hall–Kier alpha value is -0.980. The fourth-order valence-electron chi connectivity index (χ4n) is 1.81. The molecule has 102 valence electrons. The minimum atomic E-state index is 0.174. The van der Waals surface area contributed by atoms with Gasteiger partial charge in [0, 0.05) is 0 Å². The molecule has 0 bridgehead atoms. The molecule has 0 heterocycles. The van der Waals surface area contributed by atoms with E-state index in [-0.39, 0.29) is 5.41 Å². The Morgan fingerprint density at radius 1 is 1.11 bits per heavy atom. The van der Waals surface area contributed by atoms with Crippen molar-refractivity contribution in [1.82, 2.24) is 0 Å². The summed E-state index contributed by atoms with van der Waals surface area (Å²) in [6, 6.07) is 6.70. The summed E-state index contributed by atoms with van der Waals surface area (Å²) >= 11 is 0. The van der Waals surface area contributed by atoms with E-state index in [9.17, 15) is 0 Å². The van der Waals surface area contributed by atoms with E-state index >= 15 is 0 Å². The quantitative estimate of drug-likeness (QED) is 0.644. The largest absolute Gasteiger partial charge is 0.494 e. The van der Waals surface area contributed by atoms with Gasteiger partial charge in [0.1, 0.15) is 5.75 Å². The lowest BCUT2D eigenvalue weighted by molar-refractivity contribution is 0.308. The van der Waals surface area contributed by atoms with Gasteiger partial charge < -0.3 is 4.74 Å². The maximum Gasteiger partial charge on any atom is 0.119 e. The average molecular weight is 248 g/mol. The molecule has 0 aliphatic heterocycles. The van der Waals surface area contributed by atoms with Crippen LogP contribution in [0.1, 0.15) is 71.4 Å². The second-order valence-electron chi connectivity index (χ2n) is 6.40. The van der Waals surface area contributed by atoms with Crippen LogP contribution in [0, 0.1) is 0 Å². The van der Waals surface area contributed by atoms with Crippen LogP contribution in [-0.2, 0) is 5.41 Å². The molecule has 0 aliphatic rings. The first-order valence-corrected chi connectivity index (χ1v) is 7.13. The predicted octanol–water partition coefficient (Wildman–Crippen LogP) is 5.29. The first-order chi connectivity index (χ1) is 8.34. The Balaban J connectivity index is 2.99. The lowest BCUT2D eigenvalue weighted by atomic mass is 9.84. The molecule has 0 unspecified atom stereocenters. The smallest absolute Gasteiger partial charge is 0.119 e. The van der Waals surface area contributed by atoms with Gasteiger partial charge in [-0.3, -0.25) is 0 Å². The van der Waals surface area contributed by atoms with Gasteiger partial charge in [-0.1, -0.05) is 54.0 Å². The molecular formula is C17H28O. The summed E-state index contributed by atoms with van der Waals surface area (Å²) in [5, 5.41) is 0. The normalized spacial score (nSPS) is 11.9. The standard InChI is InChI=1S/C17H28O/c1-7-8-9-18-16-11-14(13(2)3)10-15(12-16)17(4,5)6/h10-13H,7-9H2,1-6H3. The van der Waals surface area contributed by atoms with Gasteiger partial charge in [0.25, 0.3) is 0 Å². The predicted molar refractivity (Wildman–Crippen MR) is 79.6 cm³/mol. The van der Waals surface area contributed by atoms with E-state index in [1.54, 1.807) is 0 Å². The highest BCUT2D eigenvalue weighted by Crippen LogP contribution is 2.30. The van der Waals surface area contributed by atoms with Crippen molar-refractivity contribution < 1.29 is 4.74 Å². The van der Waals surface area contributed by atoms with Crippen LogP contribution in [0.15, 0.2) is 18.2 Å². The topological polar surface area (TPSA) is 9.23 Å². The number of benzene rings is 1. The first-order valence-electron chi connectivity index (χ1n) is 7.13. The zero-order valence-electron chi connectivity index (χ0n) is 12.8. The Morgan fingerprint density at radius 3 is 2.28 bits per heavy atom. The van der Waals surface area contributed by atoms with Crippen LogP contribution >= 0.6 is 0 Å².